The van der Waals surface area contributed by atoms with E-state index >= 15 is 0 Å². The Labute approximate surface area is 157 Å². The lowest BCUT2D eigenvalue weighted by Crippen LogP contribution is -2.10. The highest BCUT2D eigenvalue weighted by molar-refractivity contribution is 6.14. The lowest BCUT2D eigenvalue weighted by Gasteiger charge is -2.14. The summed E-state index contributed by atoms with van der Waals surface area (Å²) in [5.41, 5.74) is 5.02. The maximum atomic E-state index is 13.0. The van der Waals surface area contributed by atoms with E-state index in [0.717, 1.165) is 28.4 Å². The number of aryl methyl sites for hydroxylation is 3. The number of hydrogen-bond donors (Lipinski definition) is 0. The summed E-state index contributed by atoms with van der Waals surface area (Å²) >= 11 is 0. The van der Waals surface area contributed by atoms with Crippen molar-refractivity contribution in [3.8, 4) is 0 Å². The van der Waals surface area contributed by atoms with Gasteiger partial charge >= 0.3 is 6.18 Å². The van der Waals surface area contributed by atoms with Gasteiger partial charge in [-0.25, -0.2) is 4.99 Å². The highest BCUT2D eigenvalue weighted by Crippen LogP contribution is 2.31. The molecule has 0 aromatic heterocycles. The summed E-state index contributed by atoms with van der Waals surface area (Å²) in [6.45, 7) is 5.64. The van der Waals surface area contributed by atoms with Gasteiger partial charge in [-0.15, -0.1) is 0 Å². The number of rotatable bonds is 3. The predicted octanol–water partition coefficient (Wildman–Crippen LogP) is 6.80. The van der Waals surface area contributed by atoms with E-state index in [0.29, 0.717) is 16.8 Å². The molecule has 0 fully saturated rings. The van der Waals surface area contributed by atoms with Crippen LogP contribution in [0.5, 0.6) is 0 Å². The van der Waals surface area contributed by atoms with Gasteiger partial charge in [0.05, 0.1) is 17.0 Å². The third kappa shape index (κ3) is 4.27. The molecule has 3 aromatic carbocycles. The number of aliphatic imine (C=N–C) groups is 1. The monoisotopic (exact) mass is 367 g/mol. The van der Waals surface area contributed by atoms with Crippen LogP contribution in [-0.2, 0) is 6.18 Å². The molecule has 0 amide bonds. The fourth-order valence-corrected chi connectivity index (χ4v) is 2.91. The Morgan fingerprint density at radius 1 is 0.778 bits per heavy atom. The van der Waals surface area contributed by atoms with Crippen LogP contribution in [0, 0.1) is 20.8 Å². The van der Waals surface area contributed by atoms with E-state index in [4.69, 9.17) is 4.99 Å². The Kier molecular flexibility index (Phi) is 5.17. The summed E-state index contributed by atoms with van der Waals surface area (Å²) in [5, 5.41) is 0. The third-order valence-corrected chi connectivity index (χ3v) is 4.48. The van der Waals surface area contributed by atoms with Crippen LogP contribution in [0.25, 0.3) is 0 Å². The first kappa shape index (κ1) is 18.9. The molecule has 0 atom stereocenters. The topological polar surface area (TPSA) is 12.4 Å². The minimum absolute atomic E-state index is 0.540. The molecular weight excluding hydrogens is 347 g/mol. The Balaban J connectivity index is 2.19. The SMILES string of the molecule is Cc1ccc(C(=Nc2ccccc2C)c2ccc(C(F)(F)F)cc2C)cc1. The van der Waals surface area contributed by atoms with Gasteiger partial charge in [0, 0.05) is 11.1 Å². The van der Waals surface area contributed by atoms with Crippen molar-refractivity contribution in [3.05, 3.63) is 100 Å². The molecule has 0 spiro atoms. The highest BCUT2D eigenvalue weighted by Gasteiger charge is 2.31. The van der Waals surface area contributed by atoms with Crippen LogP contribution in [-0.4, -0.2) is 5.71 Å². The summed E-state index contributed by atoms with van der Waals surface area (Å²) in [6, 6.07) is 19.4. The van der Waals surface area contributed by atoms with Crippen LogP contribution in [0.4, 0.5) is 18.9 Å². The summed E-state index contributed by atoms with van der Waals surface area (Å²) in [4.78, 5) is 4.82. The smallest absolute Gasteiger partial charge is 0.248 e. The first-order chi connectivity index (χ1) is 12.8. The number of alkyl halides is 3. The van der Waals surface area contributed by atoms with Crippen molar-refractivity contribution in [1.82, 2.24) is 0 Å². The quantitative estimate of drug-likeness (QED) is 0.451. The van der Waals surface area contributed by atoms with E-state index in [9.17, 15) is 13.2 Å². The number of benzene rings is 3. The minimum atomic E-state index is -4.36. The molecule has 0 saturated carbocycles. The van der Waals surface area contributed by atoms with Crippen molar-refractivity contribution >= 4 is 11.4 Å². The largest absolute Gasteiger partial charge is 0.416 e. The van der Waals surface area contributed by atoms with E-state index in [1.165, 1.54) is 12.1 Å². The molecule has 138 valence electrons. The lowest BCUT2D eigenvalue weighted by atomic mass is 9.95. The van der Waals surface area contributed by atoms with Gasteiger partial charge in [-0.1, -0.05) is 54.1 Å². The van der Waals surface area contributed by atoms with Gasteiger partial charge in [-0.05, 0) is 50.1 Å². The molecule has 0 bridgehead atoms. The molecular formula is C23H20F3N. The average Bonchev–Trinajstić information content (AvgIpc) is 2.61. The number of para-hydroxylation sites is 1. The molecule has 0 unspecified atom stereocenters. The van der Waals surface area contributed by atoms with Crippen molar-refractivity contribution in [3.63, 3.8) is 0 Å². The second-order valence-electron chi connectivity index (χ2n) is 6.64. The van der Waals surface area contributed by atoms with Gasteiger partial charge in [-0.3, -0.25) is 0 Å². The van der Waals surface area contributed by atoms with Crippen LogP contribution < -0.4 is 0 Å². The fourth-order valence-electron chi connectivity index (χ4n) is 2.91. The second kappa shape index (κ2) is 7.39. The van der Waals surface area contributed by atoms with Gasteiger partial charge in [-0.2, -0.15) is 13.2 Å². The molecule has 0 radical (unpaired) electrons. The summed E-state index contributed by atoms with van der Waals surface area (Å²) < 4.78 is 39.1. The van der Waals surface area contributed by atoms with Crippen molar-refractivity contribution in [2.45, 2.75) is 26.9 Å². The van der Waals surface area contributed by atoms with Crippen molar-refractivity contribution in [2.24, 2.45) is 4.99 Å². The number of hydrogen-bond acceptors (Lipinski definition) is 1. The zero-order chi connectivity index (χ0) is 19.6. The van der Waals surface area contributed by atoms with Crippen LogP contribution in [0.3, 0.4) is 0 Å². The Bertz CT molecular complexity index is 983. The summed E-state index contributed by atoms with van der Waals surface area (Å²) in [6.07, 6.45) is -4.36. The first-order valence-corrected chi connectivity index (χ1v) is 8.65. The Hall–Kier alpha value is -2.88. The number of nitrogens with zero attached hydrogens (tertiary/aromatic N) is 1. The fraction of sp³-hybridized carbons (Fsp3) is 0.174. The molecule has 1 nitrogen and oxygen atoms in total. The van der Waals surface area contributed by atoms with E-state index in [1.54, 1.807) is 6.92 Å². The van der Waals surface area contributed by atoms with Gasteiger partial charge in [0.25, 0.3) is 0 Å². The van der Waals surface area contributed by atoms with Crippen LogP contribution in [0.1, 0.15) is 33.4 Å². The zero-order valence-electron chi connectivity index (χ0n) is 15.4. The van der Waals surface area contributed by atoms with Crippen molar-refractivity contribution in [2.75, 3.05) is 0 Å². The maximum absolute atomic E-state index is 13.0. The van der Waals surface area contributed by atoms with Gasteiger partial charge < -0.3 is 0 Å². The van der Waals surface area contributed by atoms with Gasteiger partial charge in [0.1, 0.15) is 0 Å². The first-order valence-electron chi connectivity index (χ1n) is 8.65. The van der Waals surface area contributed by atoms with Gasteiger partial charge in [0.15, 0.2) is 0 Å². The van der Waals surface area contributed by atoms with Crippen LogP contribution in [0.15, 0.2) is 71.7 Å². The molecule has 0 aliphatic heterocycles. The normalized spacial score (nSPS) is 12.3. The van der Waals surface area contributed by atoms with Crippen molar-refractivity contribution in [1.29, 1.82) is 0 Å². The Morgan fingerprint density at radius 3 is 2.04 bits per heavy atom. The van der Waals surface area contributed by atoms with E-state index in [1.807, 2.05) is 62.4 Å². The number of halogens is 3. The zero-order valence-corrected chi connectivity index (χ0v) is 15.4. The van der Waals surface area contributed by atoms with E-state index < -0.39 is 11.7 Å². The highest BCUT2D eigenvalue weighted by atomic mass is 19.4. The molecule has 0 aliphatic rings. The minimum Gasteiger partial charge on any atom is -0.248 e. The Morgan fingerprint density at radius 2 is 1.44 bits per heavy atom. The van der Waals surface area contributed by atoms with Gasteiger partial charge in [0.2, 0.25) is 0 Å². The lowest BCUT2D eigenvalue weighted by molar-refractivity contribution is -0.137. The standard InChI is InChI=1S/C23H20F3N/c1-15-8-10-18(11-9-15)22(27-21-7-5-4-6-16(21)2)20-13-12-19(14-17(20)3)23(24,25)26/h4-14H,1-3H3. The van der Waals surface area contributed by atoms with E-state index in [2.05, 4.69) is 0 Å². The van der Waals surface area contributed by atoms with E-state index in [-0.39, 0.29) is 0 Å². The predicted molar refractivity (Wildman–Crippen MR) is 104 cm³/mol. The summed E-state index contributed by atoms with van der Waals surface area (Å²) in [5.74, 6) is 0. The van der Waals surface area contributed by atoms with Crippen LogP contribution >= 0.6 is 0 Å². The second-order valence-corrected chi connectivity index (χ2v) is 6.64. The van der Waals surface area contributed by atoms with Crippen LogP contribution in [0.2, 0.25) is 0 Å². The molecule has 0 saturated heterocycles. The van der Waals surface area contributed by atoms with Crippen molar-refractivity contribution < 1.29 is 13.2 Å². The molecule has 4 heteroatoms. The maximum Gasteiger partial charge on any atom is 0.416 e. The molecule has 27 heavy (non-hydrogen) atoms. The third-order valence-electron chi connectivity index (χ3n) is 4.48. The molecule has 3 aromatic rings. The molecule has 0 aliphatic carbocycles. The summed E-state index contributed by atoms with van der Waals surface area (Å²) in [7, 11) is 0. The molecule has 3 rings (SSSR count). The average molecular weight is 367 g/mol. The molecule has 0 N–H and O–H groups in total. The molecule has 0 heterocycles.